The van der Waals surface area contributed by atoms with Crippen molar-refractivity contribution in [2.45, 2.75) is 4.90 Å². The van der Waals surface area contributed by atoms with E-state index in [1.807, 2.05) is 18.2 Å². The third kappa shape index (κ3) is 6.05. The zero-order valence-electron chi connectivity index (χ0n) is 18.6. The molecule has 34 heavy (non-hydrogen) atoms. The van der Waals surface area contributed by atoms with Gasteiger partial charge in [-0.25, -0.2) is 8.42 Å². The molecule has 1 aliphatic heterocycles. The molecule has 1 saturated heterocycles. The average molecular weight is 496 g/mol. The predicted molar refractivity (Wildman–Crippen MR) is 137 cm³/mol. The highest BCUT2D eigenvalue weighted by Crippen LogP contribution is 2.25. The molecule has 0 aromatic heterocycles. The van der Waals surface area contributed by atoms with E-state index in [1.165, 1.54) is 23.8 Å². The highest BCUT2D eigenvalue weighted by atomic mass is 35.5. The molecule has 1 amide bonds. The van der Waals surface area contributed by atoms with E-state index in [9.17, 15) is 13.2 Å². The van der Waals surface area contributed by atoms with Gasteiger partial charge in [-0.05, 0) is 35.9 Å². The standard InChI is InChI=1S/C26H26ClN3O3S/c27-25-20-22(28-34(32,33)23-11-5-2-6-12-23)13-14-24(25)26(31)30-18-16-29(17-19-30)15-7-10-21-8-3-1-4-9-21/h1-14,20,28H,15-19H2/b10-7+. The van der Waals surface area contributed by atoms with Crippen molar-refractivity contribution in [3.8, 4) is 0 Å². The lowest BCUT2D eigenvalue weighted by molar-refractivity contribution is 0.0650. The fourth-order valence-electron chi connectivity index (χ4n) is 3.77. The number of rotatable bonds is 7. The molecule has 1 heterocycles. The summed E-state index contributed by atoms with van der Waals surface area (Å²) in [6.07, 6.45) is 4.24. The molecule has 0 aliphatic carbocycles. The number of nitrogens with zero attached hydrogens (tertiary/aromatic N) is 2. The summed E-state index contributed by atoms with van der Waals surface area (Å²) in [5.41, 5.74) is 1.84. The van der Waals surface area contributed by atoms with E-state index in [1.54, 1.807) is 35.2 Å². The van der Waals surface area contributed by atoms with Crippen LogP contribution >= 0.6 is 11.6 Å². The van der Waals surface area contributed by atoms with E-state index in [-0.39, 0.29) is 15.8 Å². The summed E-state index contributed by atoms with van der Waals surface area (Å²) in [6, 6.07) is 22.8. The quantitative estimate of drug-likeness (QED) is 0.519. The van der Waals surface area contributed by atoms with Gasteiger partial charge in [0.05, 0.1) is 21.2 Å². The molecule has 1 aliphatic rings. The predicted octanol–water partition coefficient (Wildman–Crippen LogP) is 4.61. The molecule has 0 atom stereocenters. The maximum absolute atomic E-state index is 13.0. The number of piperazine rings is 1. The molecule has 8 heteroatoms. The number of carbonyl (C=O) groups excluding carboxylic acids is 1. The number of anilines is 1. The number of benzene rings is 3. The van der Waals surface area contributed by atoms with Crippen LogP contribution in [0.4, 0.5) is 5.69 Å². The molecule has 4 rings (SSSR count). The number of nitrogens with one attached hydrogen (secondary N) is 1. The lowest BCUT2D eigenvalue weighted by atomic mass is 10.1. The van der Waals surface area contributed by atoms with E-state index in [2.05, 4.69) is 33.9 Å². The first-order valence-electron chi connectivity index (χ1n) is 11.0. The van der Waals surface area contributed by atoms with Gasteiger partial charge in [0.25, 0.3) is 15.9 Å². The van der Waals surface area contributed by atoms with Crippen molar-refractivity contribution in [1.29, 1.82) is 0 Å². The van der Waals surface area contributed by atoms with Crippen molar-refractivity contribution in [1.82, 2.24) is 9.80 Å². The van der Waals surface area contributed by atoms with Gasteiger partial charge in [0.15, 0.2) is 0 Å². The number of sulfonamides is 1. The van der Waals surface area contributed by atoms with Crippen LogP contribution in [0, 0.1) is 0 Å². The molecule has 0 spiro atoms. The highest BCUT2D eigenvalue weighted by Gasteiger charge is 2.24. The monoisotopic (exact) mass is 495 g/mol. The van der Waals surface area contributed by atoms with Crippen molar-refractivity contribution in [2.24, 2.45) is 0 Å². The van der Waals surface area contributed by atoms with E-state index >= 15 is 0 Å². The minimum absolute atomic E-state index is 0.151. The van der Waals surface area contributed by atoms with Gasteiger partial charge < -0.3 is 4.90 Å². The number of carbonyl (C=O) groups is 1. The van der Waals surface area contributed by atoms with Crippen LogP contribution < -0.4 is 4.72 Å². The molecule has 0 radical (unpaired) electrons. The van der Waals surface area contributed by atoms with Gasteiger partial charge >= 0.3 is 0 Å². The van der Waals surface area contributed by atoms with Crippen LogP contribution in [-0.4, -0.2) is 56.8 Å². The van der Waals surface area contributed by atoms with Crippen molar-refractivity contribution >= 4 is 39.3 Å². The Morgan fingerprint density at radius 3 is 2.21 bits per heavy atom. The largest absolute Gasteiger partial charge is 0.336 e. The summed E-state index contributed by atoms with van der Waals surface area (Å²) in [5, 5.41) is 0.214. The summed E-state index contributed by atoms with van der Waals surface area (Å²) < 4.78 is 27.6. The molecular weight excluding hydrogens is 470 g/mol. The van der Waals surface area contributed by atoms with Crippen LogP contribution in [0.25, 0.3) is 6.08 Å². The third-order valence-corrected chi connectivity index (χ3v) is 7.35. The second kappa shape index (κ2) is 10.9. The minimum Gasteiger partial charge on any atom is -0.336 e. The van der Waals surface area contributed by atoms with Crippen LogP contribution in [0.5, 0.6) is 0 Å². The summed E-state index contributed by atoms with van der Waals surface area (Å²) in [5.74, 6) is -0.151. The Kier molecular flexibility index (Phi) is 7.67. The number of hydrogen-bond donors (Lipinski definition) is 1. The van der Waals surface area contributed by atoms with E-state index in [4.69, 9.17) is 11.6 Å². The van der Waals surface area contributed by atoms with E-state index in [0.717, 1.165) is 19.6 Å². The first kappa shape index (κ1) is 24.0. The van der Waals surface area contributed by atoms with E-state index < -0.39 is 10.0 Å². The fraction of sp³-hybridized carbons (Fsp3) is 0.192. The second-order valence-corrected chi connectivity index (χ2v) is 10.1. The van der Waals surface area contributed by atoms with Crippen molar-refractivity contribution in [3.63, 3.8) is 0 Å². The number of amides is 1. The van der Waals surface area contributed by atoms with Crippen LogP contribution in [-0.2, 0) is 10.0 Å². The highest BCUT2D eigenvalue weighted by molar-refractivity contribution is 7.92. The molecule has 1 N–H and O–H groups in total. The second-order valence-electron chi connectivity index (χ2n) is 8.02. The summed E-state index contributed by atoms with van der Waals surface area (Å²) in [7, 11) is -3.73. The summed E-state index contributed by atoms with van der Waals surface area (Å²) in [4.78, 5) is 17.3. The fourth-order valence-corrected chi connectivity index (χ4v) is 5.10. The molecule has 1 fully saturated rings. The Bertz CT molecular complexity index is 1260. The van der Waals surface area contributed by atoms with E-state index in [0.29, 0.717) is 24.3 Å². The van der Waals surface area contributed by atoms with Gasteiger partial charge in [0, 0.05) is 32.7 Å². The smallest absolute Gasteiger partial charge is 0.261 e. The van der Waals surface area contributed by atoms with Crippen LogP contribution in [0.15, 0.2) is 89.8 Å². The first-order valence-corrected chi connectivity index (χ1v) is 12.9. The Balaban J connectivity index is 1.33. The van der Waals surface area contributed by atoms with Gasteiger partial charge in [-0.2, -0.15) is 0 Å². The minimum atomic E-state index is -3.73. The van der Waals surface area contributed by atoms with Gasteiger partial charge in [0.2, 0.25) is 0 Å². The SMILES string of the molecule is O=C(c1ccc(NS(=O)(=O)c2ccccc2)cc1Cl)N1CCN(C/C=C/c2ccccc2)CC1. The lowest BCUT2D eigenvalue weighted by Gasteiger charge is -2.34. The number of halogens is 1. The maximum Gasteiger partial charge on any atom is 0.261 e. The Morgan fingerprint density at radius 2 is 1.56 bits per heavy atom. The van der Waals surface area contributed by atoms with Crippen LogP contribution in [0.3, 0.4) is 0 Å². The topological polar surface area (TPSA) is 69.7 Å². The molecule has 3 aromatic rings. The molecule has 0 saturated carbocycles. The Morgan fingerprint density at radius 1 is 0.912 bits per heavy atom. The zero-order valence-corrected chi connectivity index (χ0v) is 20.2. The third-order valence-electron chi connectivity index (χ3n) is 5.64. The van der Waals surface area contributed by atoms with Crippen LogP contribution in [0.1, 0.15) is 15.9 Å². The molecule has 176 valence electrons. The number of hydrogen-bond acceptors (Lipinski definition) is 4. The van der Waals surface area contributed by atoms with Crippen molar-refractivity contribution in [3.05, 3.63) is 101 Å². The van der Waals surface area contributed by atoms with Gasteiger partial charge in [0.1, 0.15) is 0 Å². The average Bonchev–Trinajstić information content (AvgIpc) is 2.85. The molecule has 6 nitrogen and oxygen atoms in total. The summed E-state index contributed by atoms with van der Waals surface area (Å²) in [6.45, 7) is 3.59. The summed E-state index contributed by atoms with van der Waals surface area (Å²) >= 11 is 6.37. The van der Waals surface area contributed by atoms with Gasteiger partial charge in [-0.3, -0.25) is 14.4 Å². The molecule has 3 aromatic carbocycles. The van der Waals surface area contributed by atoms with Gasteiger partial charge in [-0.15, -0.1) is 0 Å². The normalized spacial score (nSPS) is 14.9. The van der Waals surface area contributed by atoms with Crippen molar-refractivity contribution in [2.75, 3.05) is 37.4 Å². The molecule has 0 bridgehead atoms. The lowest BCUT2D eigenvalue weighted by Crippen LogP contribution is -2.48. The van der Waals surface area contributed by atoms with Crippen LogP contribution in [0.2, 0.25) is 5.02 Å². The Labute approximate surface area is 205 Å². The van der Waals surface area contributed by atoms with Gasteiger partial charge in [-0.1, -0.05) is 72.3 Å². The molecule has 0 unspecified atom stereocenters. The molecular formula is C26H26ClN3O3S. The first-order chi connectivity index (χ1) is 16.4. The maximum atomic E-state index is 13.0. The Hall–Kier alpha value is -3.13. The zero-order chi connectivity index (χ0) is 24.0. The van der Waals surface area contributed by atoms with Crippen molar-refractivity contribution < 1.29 is 13.2 Å².